The van der Waals surface area contributed by atoms with Crippen molar-refractivity contribution in [2.24, 2.45) is 23.2 Å². The molecule has 1 aromatic rings. The van der Waals surface area contributed by atoms with Crippen molar-refractivity contribution in [2.75, 3.05) is 6.54 Å². The zero-order valence-electron chi connectivity index (χ0n) is 14.8. The predicted octanol–water partition coefficient (Wildman–Crippen LogP) is 4.30. The molecule has 4 aliphatic carbocycles. The van der Waals surface area contributed by atoms with Crippen molar-refractivity contribution in [1.29, 1.82) is 0 Å². The number of hydrogen-bond donors (Lipinski definition) is 2. The molecular weight excluding hydrogens is 312 g/mol. The van der Waals surface area contributed by atoms with E-state index in [0.29, 0.717) is 11.5 Å². The monoisotopic (exact) mass is 342 g/mol. The van der Waals surface area contributed by atoms with E-state index in [4.69, 9.17) is 12.2 Å². The Hall–Kier alpha value is -1.09. The predicted molar refractivity (Wildman–Crippen MR) is 104 cm³/mol. The van der Waals surface area contributed by atoms with Crippen LogP contribution in [0.3, 0.4) is 0 Å². The first-order valence-corrected chi connectivity index (χ1v) is 10.1. The SMILES string of the molecule is C[C@H](NC(=S)NCCc1ccccc1)C12CC3CC(CC(C3)C1)C2. The van der Waals surface area contributed by atoms with Gasteiger partial charge in [0.2, 0.25) is 0 Å². The zero-order valence-corrected chi connectivity index (χ0v) is 15.6. The van der Waals surface area contributed by atoms with Gasteiger partial charge in [-0.05, 0) is 92.8 Å². The molecule has 0 spiro atoms. The molecule has 0 radical (unpaired) electrons. The first kappa shape index (κ1) is 16.4. The van der Waals surface area contributed by atoms with E-state index in [-0.39, 0.29) is 0 Å². The fourth-order valence-corrected chi connectivity index (χ4v) is 6.35. The molecule has 4 aliphatic rings. The van der Waals surface area contributed by atoms with E-state index >= 15 is 0 Å². The Bertz CT molecular complexity index is 547. The van der Waals surface area contributed by atoms with Crippen LogP contribution in [0.25, 0.3) is 0 Å². The van der Waals surface area contributed by atoms with Gasteiger partial charge >= 0.3 is 0 Å². The second-order valence-electron chi connectivity index (χ2n) is 8.64. The molecule has 0 amide bonds. The third-order valence-corrected chi connectivity index (χ3v) is 7.16. The summed E-state index contributed by atoms with van der Waals surface area (Å²) in [6, 6.07) is 11.1. The van der Waals surface area contributed by atoms with E-state index in [0.717, 1.165) is 35.8 Å². The van der Waals surface area contributed by atoms with Crippen LogP contribution < -0.4 is 10.6 Å². The molecule has 4 fully saturated rings. The molecule has 2 nitrogen and oxygen atoms in total. The average molecular weight is 343 g/mol. The Morgan fingerprint density at radius 1 is 1.08 bits per heavy atom. The second-order valence-corrected chi connectivity index (χ2v) is 9.05. The van der Waals surface area contributed by atoms with Gasteiger partial charge in [0.1, 0.15) is 0 Å². The number of benzene rings is 1. The summed E-state index contributed by atoms with van der Waals surface area (Å²) in [5, 5.41) is 7.90. The molecule has 0 heterocycles. The van der Waals surface area contributed by atoms with Crippen molar-refractivity contribution in [2.45, 2.75) is 57.9 Å². The van der Waals surface area contributed by atoms with Crippen molar-refractivity contribution < 1.29 is 0 Å². The third kappa shape index (κ3) is 3.33. The highest BCUT2D eigenvalue weighted by Gasteiger charge is 2.53. The second kappa shape index (κ2) is 6.67. The molecule has 4 saturated carbocycles. The lowest BCUT2D eigenvalue weighted by Crippen LogP contribution is -2.57. The van der Waals surface area contributed by atoms with Gasteiger partial charge in [0.15, 0.2) is 5.11 Å². The largest absolute Gasteiger partial charge is 0.362 e. The van der Waals surface area contributed by atoms with Gasteiger partial charge in [-0.25, -0.2) is 0 Å². The summed E-state index contributed by atoms with van der Waals surface area (Å²) >= 11 is 5.58. The van der Waals surface area contributed by atoms with Crippen LogP contribution in [-0.4, -0.2) is 17.7 Å². The van der Waals surface area contributed by atoms with E-state index in [2.05, 4.69) is 47.9 Å². The lowest BCUT2D eigenvalue weighted by atomic mass is 9.48. The fraction of sp³-hybridized carbons (Fsp3) is 0.667. The van der Waals surface area contributed by atoms with Gasteiger partial charge < -0.3 is 10.6 Å². The van der Waals surface area contributed by atoms with E-state index in [1.165, 1.54) is 44.1 Å². The van der Waals surface area contributed by atoms with Crippen LogP contribution in [0.2, 0.25) is 0 Å². The molecule has 1 aromatic carbocycles. The summed E-state index contributed by atoms with van der Waals surface area (Å²) < 4.78 is 0. The summed E-state index contributed by atoms with van der Waals surface area (Å²) in [7, 11) is 0. The quantitative estimate of drug-likeness (QED) is 0.780. The first-order chi connectivity index (χ1) is 11.6. The molecule has 3 heteroatoms. The van der Waals surface area contributed by atoms with Gasteiger partial charge in [0.25, 0.3) is 0 Å². The van der Waals surface area contributed by atoms with Crippen LogP contribution in [0.5, 0.6) is 0 Å². The minimum atomic E-state index is 0.502. The smallest absolute Gasteiger partial charge is 0.166 e. The highest BCUT2D eigenvalue weighted by Crippen LogP contribution is 2.61. The number of nitrogens with one attached hydrogen (secondary N) is 2. The van der Waals surface area contributed by atoms with E-state index < -0.39 is 0 Å². The summed E-state index contributed by atoms with van der Waals surface area (Å²) in [6.45, 7) is 3.28. The Labute approximate surface area is 151 Å². The molecule has 130 valence electrons. The number of thiocarbonyl (C=S) groups is 1. The molecule has 2 N–H and O–H groups in total. The number of hydrogen-bond acceptors (Lipinski definition) is 1. The molecule has 0 aliphatic heterocycles. The highest BCUT2D eigenvalue weighted by atomic mass is 32.1. The van der Waals surface area contributed by atoms with Crippen LogP contribution in [-0.2, 0) is 6.42 Å². The molecule has 0 saturated heterocycles. The van der Waals surface area contributed by atoms with Crippen molar-refractivity contribution in [3.8, 4) is 0 Å². The van der Waals surface area contributed by atoms with Gasteiger partial charge in [-0.2, -0.15) is 0 Å². The summed E-state index contributed by atoms with van der Waals surface area (Å²) in [6.07, 6.45) is 9.83. The molecule has 1 atom stereocenters. The summed E-state index contributed by atoms with van der Waals surface area (Å²) in [4.78, 5) is 0. The normalized spacial score (nSPS) is 34.8. The maximum absolute atomic E-state index is 5.58. The maximum atomic E-state index is 5.58. The van der Waals surface area contributed by atoms with Gasteiger partial charge in [0.05, 0.1) is 0 Å². The van der Waals surface area contributed by atoms with Crippen LogP contribution in [0, 0.1) is 23.2 Å². The average Bonchev–Trinajstić information content (AvgIpc) is 2.54. The molecule has 4 bridgehead atoms. The van der Waals surface area contributed by atoms with Crippen molar-refractivity contribution >= 4 is 17.3 Å². The van der Waals surface area contributed by atoms with E-state index in [1.54, 1.807) is 0 Å². The number of rotatable bonds is 5. The topological polar surface area (TPSA) is 24.1 Å². The molecule has 24 heavy (non-hydrogen) atoms. The standard InChI is InChI=1S/C21H30N2S/c1-15(21-12-17-9-18(13-21)11-19(10-17)14-21)23-20(24)22-8-7-16-5-3-2-4-6-16/h2-6,15,17-19H,7-14H2,1H3,(H2,22,23,24)/t15-,17?,18?,19?,21?/m0/s1. The lowest BCUT2D eigenvalue weighted by Gasteiger charge is -2.59. The Morgan fingerprint density at radius 2 is 1.67 bits per heavy atom. The molecular formula is C21H30N2S. The highest BCUT2D eigenvalue weighted by molar-refractivity contribution is 7.80. The van der Waals surface area contributed by atoms with Gasteiger partial charge in [-0.3, -0.25) is 0 Å². The Balaban J connectivity index is 1.28. The van der Waals surface area contributed by atoms with Crippen LogP contribution in [0.1, 0.15) is 51.0 Å². The van der Waals surface area contributed by atoms with Crippen LogP contribution in [0.15, 0.2) is 30.3 Å². The Kier molecular flexibility index (Phi) is 4.55. The minimum absolute atomic E-state index is 0.502. The van der Waals surface area contributed by atoms with Crippen LogP contribution in [0.4, 0.5) is 0 Å². The summed E-state index contributed by atoms with van der Waals surface area (Å²) in [5.41, 5.74) is 1.88. The zero-order chi connectivity index (χ0) is 16.6. The maximum Gasteiger partial charge on any atom is 0.166 e. The Morgan fingerprint density at radius 3 is 2.25 bits per heavy atom. The van der Waals surface area contributed by atoms with Crippen molar-refractivity contribution in [3.63, 3.8) is 0 Å². The molecule has 5 rings (SSSR count). The molecule has 0 aromatic heterocycles. The van der Waals surface area contributed by atoms with Gasteiger partial charge in [0, 0.05) is 12.6 Å². The van der Waals surface area contributed by atoms with Crippen molar-refractivity contribution in [3.05, 3.63) is 35.9 Å². The first-order valence-electron chi connectivity index (χ1n) is 9.71. The van der Waals surface area contributed by atoms with Crippen molar-refractivity contribution in [1.82, 2.24) is 10.6 Å². The van der Waals surface area contributed by atoms with Crippen LogP contribution >= 0.6 is 12.2 Å². The van der Waals surface area contributed by atoms with E-state index in [1.807, 2.05) is 0 Å². The third-order valence-electron chi connectivity index (χ3n) is 6.89. The fourth-order valence-electron chi connectivity index (χ4n) is 6.07. The van der Waals surface area contributed by atoms with E-state index in [9.17, 15) is 0 Å². The molecule has 0 unspecified atom stereocenters. The lowest BCUT2D eigenvalue weighted by molar-refractivity contribution is -0.0672. The van der Waals surface area contributed by atoms with Gasteiger partial charge in [-0.15, -0.1) is 0 Å². The van der Waals surface area contributed by atoms with Gasteiger partial charge in [-0.1, -0.05) is 30.3 Å². The summed E-state index contributed by atoms with van der Waals surface area (Å²) in [5.74, 6) is 3.00. The minimum Gasteiger partial charge on any atom is -0.362 e.